The summed E-state index contributed by atoms with van der Waals surface area (Å²) in [6.45, 7) is 2.33. The molecule has 1 saturated carbocycles. The maximum atomic E-state index is 2.46. The van der Waals surface area contributed by atoms with Gasteiger partial charge in [0.25, 0.3) is 0 Å². The number of hydrogen-bond donors (Lipinski definition) is 0. The highest BCUT2D eigenvalue weighted by Gasteiger charge is 2.25. The molecule has 0 nitrogen and oxygen atoms in total. The third-order valence-electron chi connectivity index (χ3n) is 2.17. The van der Waals surface area contributed by atoms with Gasteiger partial charge in [0.2, 0.25) is 0 Å². The molecule has 0 amide bonds. The smallest absolute Gasteiger partial charge is 0.0204 e. The highest BCUT2D eigenvalue weighted by molar-refractivity contribution is 8.32. The van der Waals surface area contributed by atoms with Gasteiger partial charge >= 0.3 is 0 Å². The van der Waals surface area contributed by atoms with Crippen molar-refractivity contribution in [1.29, 1.82) is 0 Å². The molecule has 0 N–H and O–H groups in total. The molecule has 1 aliphatic rings. The lowest BCUT2D eigenvalue weighted by Crippen LogP contribution is -2.04. The lowest BCUT2D eigenvalue weighted by atomic mass is 10.5. The van der Waals surface area contributed by atoms with E-state index in [-0.39, 0.29) is 10.0 Å². The van der Waals surface area contributed by atoms with Crippen LogP contribution in [-0.4, -0.2) is 24.0 Å². The van der Waals surface area contributed by atoms with E-state index in [1.54, 1.807) is 5.75 Å². The molecular formula is C8H18S. The Kier molecular flexibility index (Phi) is 2.10. The van der Waals surface area contributed by atoms with Gasteiger partial charge in [0.05, 0.1) is 0 Å². The van der Waals surface area contributed by atoms with E-state index in [4.69, 9.17) is 0 Å². The van der Waals surface area contributed by atoms with Gasteiger partial charge in [-0.05, 0) is 42.8 Å². The fourth-order valence-corrected chi connectivity index (χ4v) is 2.89. The standard InChI is InChI=1S/C8H18S/c1-4-9(2,3)7-8-5-6-8/h8H,4-7H2,1-3H3. The molecule has 1 fully saturated rings. The van der Waals surface area contributed by atoms with Crippen molar-refractivity contribution in [2.75, 3.05) is 24.0 Å². The molecule has 0 aliphatic heterocycles. The van der Waals surface area contributed by atoms with Gasteiger partial charge in [0.15, 0.2) is 0 Å². The van der Waals surface area contributed by atoms with Crippen LogP contribution in [0.2, 0.25) is 0 Å². The van der Waals surface area contributed by atoms with Gasteiger partial charge in [-0.3, -0.25) is 0 Å². The summed E-state index contributed by atoms with van der Waals surface area (Å²) in [7, 11) is -0.156. The highest BCUT2D eigenvalue weighted by atomic mass is 32.3. The highest BCUT2D eigenvalue weighted by Crippen LogP contribution is 2.47. The molecule has 0 unspecified atom stereocenters. The molecule has 0 heterocycles. The fourth-order valence-electron chi connectivity index (χ4n) is 1.04. The van der Waals surface area contributed by atoms with Crippen molar-refractivity contribution in [1.82, 2.24) is 0 Å². The molecule has 0 aromatic rings. The molecule has 9 heavy (non-hydrogen) atoms. The zero-order valence-corrected chi connectivity index (χ0v) is 7.63. The Morgan fingerprint density at radius 3 is 2.22 bits per heavy atom. The second kappa shape index (κ2) is 2.53. The van der Waals surface area contributed by atoms with E-state index in [9.17, 15) is 0 Å². The Morgan fingerprint density at radius 1 is 1.33 bits per heavy atom. The van der Waals surface area contributed by atoms with Gasteiger partial charge in [-0.25, -0.2) is 10.0 Å². The van der Waals surface area contributed by atoms with Gasteiger partial charge < -0.3 is 0 Å². The van der Waals surface area contributed by atoms with Crippen LogP contribution in [0.3, 0.4) is 0 Å². The lowest BCUT2D eigenvalue weighted by molar-refractivity contribution is 0.990. The van der Waals surface area contributed by atoms with Gasteiger partial charge in [-0.2, -0.15) is 0 Å². The molecule has 0 bridgehead atoms. The summed E-state index contributed by atoms with van der Waals surface area (Å²) < 4.78 is 0. The van der Waals surface area contributed by atoms with Gasteiger partial charge in [-0.15, -0.1) is 0 Å². The largest absolute Gasteiger partial charge is 0.247 e. The molecule has 0 spiro atoms. The van der Waals surface area contributed by atoms with Crippen LogP contribution >= 0.6 is 10.0 Å². The monoisotopic (exact) mass is 146 g/mol. The summed E-state index contributed by atoms with van der Waals surface area (Å²) in [5, 5.41) is 0. The van der Waals surface area contributed by atoms with E-state index in [2.05, 4.69) is 19.4 Å². The molecule has 0 aromatic heterocycles. The SMILES string of the molecule is CCS(C)(C)CC1CC1. The number of hydrogen-bond acceptors (Lipinski definition) is 0. The number of rotatable bonds is 3. The molecule has 0 saturated heterocycles. The summed E-state index contributed by atoms with van der Waals surface area (Å²) in [5.41, 5.74) is 0. The van der Waals surface area contributed by atoms with Crippen molar-refractivity contribution in [3.63, 3.8) is 0 Å². The maximum Gasteiger partial charge on any atom is -0.0204 e. The van der Waals surface area contributed by atoms with Crippen molar-refractivity contribution in [2.24, 2.45) is 5.92 Å². The zero-order chi connectivity index (χ0) is 6.91. The second-order valence-electron chi connectivity index (χ2n) is 3.67. The van der Waals surface area contributed by atoms with Crippen LogP contribution in [0, 0.1) is 5.92 Å². The van der Waals surface area contributed by atoms with Crippen LogP contribution in [0.5, 0.6) is 0 Å². The molecule has 0 aromatic carbocycles. The molecule has 0 radical (unpaired) electrons. The Hall–Kier alpha value is 0.350. The normalized spacial score (nSPS) is 22.1. The zero-order valence-electron chi connectivity index (χ0n) is 6.81. The minimum Gasteiger partial charge on any atom is -0.247 e. The van der Waals surface area contributed by atoms with Crippen LogP contribution in [-0.2, 0) is 0 Å². The van der Waals surface area contributed by atoms with E-state index in [1.165, 1.54) is 18.6 Å². The first kappa shape index (κ1) is 7.46. The van der Waals surface area contributed by atoms with E-state index in [1.807, 2.05) is 0 Å². The average molecular weight is 146 g/mol. The minimum absolute atomic E-state index is 0.156. The quantitative estimate of drug-likeness (QED) is 0.574. The first-order valence-electron chi connectivity index (χ1n) is 3.83. The predicted molar refractivity (Wildman–Crippen MR) is 47.6 cm³/mol. The van der Waals surface area contributed by atoms with Crippen molar-refractivity contribution in [3.8, 4) is 0 Å². The summed E-state index contributed by atoms with van der Waals surface area (Å²) in [5.74, 6) is 4.10. The lowest BCUT2D eigenvalue weighted by Gasteiger charge is -2.29. The van der Waals surface area contributed by atoms with Gasteiger partial charge in [0, 0.05) is 0 Å². The third kappa shape index (κ3) is 2.61. The van der Waals surface area contributed by atoms with E-state index in [0.717, 1.165) is 5.92 Å². The predicted octanol–water partition coefficient (Wildman–Crippen LogP) is 2.48. The Morgan fingerprint density at radius 2 is 1.89 bits per heavy atom. The molecule has 56 valence electrons. The van der Waals surface area contributed by atoms with Crippen LogP contribution in [0.25, 0.3) is 0 Å². The average Bonchev–Trinajstić information content (AvgIpc) is 2.50. The van der Waals surface area contributed by atoms with Crippen LogP contribution in [0.4, 0.5) is 0 Å². The summed E-state index contributed by atoms with van der Waals surface area (Å²) in [4.78, 5) is 0. The molecule has 1 aliphatic carbocycles. The van der Waals surface area contributed by atoms with Gasteiger partial charge in [0.1, 0.15) is 0 Å². The molecule has 1 heteroatoms. The van der Waals surface area contributed by atoms with Crippen molar-refractivity contribution in [2.45, 2.75) is 19.8 Å². The minimum atomic E-state index is -0.156. The van der Waals surface area contributed by atoms with Gasteiger partial charge in [-0.1, -0.05) is 6.92 Å². The van der Waals surface area contributed by atoms with E-state index >= 15 is 0 Å². The first-order valence-corrected chi connectivity index (χ1v) is 6.61. The summed E-state index contributed by atoms with van der Waals surface area (Å²) in [6, 6.07) is 0. The molecule has 1 rings (SSSR count). The Labute approximate surface area is 60.3 Å². The molecule has 0 atom stereocenters. The van der Waals surface area contributed by atoms with E-state index in [0.29, 0.717) is 0 Å². The fraction of sp³-hybridized carbons (Fsp3) is 1.00. The van der Waals surface area contributed by atoms with Crippen molar-refractivity contribution >= 4 is 10.0 Å². The van der Waals surface area contributed by atoms with Crippen LogP contribution < -0.4 is 0 Å². The maximum absolute atomic E-state index is 2.46. The third-order valence-corrected chi connectivity index (χ3v) is 5.10. The Balaban J connectivity index is 2.21. The van der Waals surface area contributed by atoms with Crippen LogP contribution in [0.1, 0.15) is 19.8 Å². The molecular weight excluding hydrogens is 128 g/mol. The Bertz CT molecular complexity index is 92.7. The van der Waals surface area contributed by atoms with Crippen LogP contribution in [0.15, 0.2) is 0 Å². The second-order valence-corrected chi connectivity index (χ2v) is 8.11. The summed E-state index contributed by atoms with van der Waals surface area (Å²) in [6.07, 6.45) is 7.98. The van der Waals surface area contributed by atoms with Crippen molar-refractivity contribution in [3.05, 3.63) is 0 Å². The van der Waals surface area contributed by atoms with Crippen molar-refractivity contribution < 1.29 is 0 Å². The first-order chi connectivity index (χ1) is 4.14. The summed E-state index contributed by atoms with van der Waals surface area (Å²) >= 11 is 0. The van der Waals surface area contributed by atoms with E-state index < -0.39 is 0 Å². The topological polar surface area (TPSA) is 0 Å².